The highest BCUT2D eigenvalue weighted by Gasteiger charge is 2.25. The summed E-state index contributed by atoms with van der Waals surface area (Å²) in [6, 6.07) is 19.0. The van der Waals surface area contributed by atoms with Crippen LogP contribution in [0.25, 0.3) is 17.2 Å². The van der Waals surface area contributed by atoms with E-state index in [2.05, 4.69) is 5.32 Å². The SMILES string of the molecule is CC1=C(CC(=O)Nc2ccc(Cl)cc2)c2cc(F)ccc2/C1=C\c1ccc(S(C)=O)cc1. The maximum atomic E-state index is 14.1. The highest BCUT2D eigenvalue weighted by Crippen LogP contribution is 2.44. The maximum absolute atomic E-state index is 14.1. The number of rotatable bonds is 5. The largest absolute Gasteiger partial charge is 0.326 e. The molecule has 0 heterocycles. The average Bonchev–Trinajstić information content (AvgIpc) is 3.01. The topological polar surface area (TPSA) is 46.2 Å². The van der Waals surface area contributed by atoms with E-state index in [0.29, 0.717) is 10.7 Å². The van der Waals surface area contributed by atoms with Gasteiger partial charge in [-0.1, -0.05) is 29.8 Å². The van der Waals surface area contributed by atoms with Crippen molar-refractivity contribution in [2.75, 3.05) is 11.6 Å². The van der Waals surface area contributed by atoms with Gasteiger partial charge in [-0.15, -0.1) is 0 Å². The Labute approximate surface area is 194 Å². The zero-order valence-electron chi connectivity index (χ0n) is 17.6. The van der Waals surface area contributed by atoms with Gasteiger partial charge in [-0.05, 0) is 94.9 Å². The van der Waals surface area contributed by atoms with Crippen molar-refractivity contribution in [2.45, 2.75) is 18.2 Å². The second kappa shape index (κ2) is 9.23. The summed E-state index contributed by atoms with van der Waals surface area (Å²) in [5.41, 5.74) is 5.88. The average molecular weight is 466 g/mol. The van der Waals surface area contributed by atoms with Gasteiger partial charge in [-0.2, -0.15) is 0 Å². The summed E-state index contributed by atoms with van der Waals surface area (Å²) in [4.78, 5) is 13.5. The van der Waals surface area contributed by atoms with E-state index in [1.807, 2.05) is 37.3 Å². The van der Waals surface area contributed by atoms with E-state index in [4.69, 9.17) is 11.6 Å². The van der Waals surface area contributed by atoms with E-state index in [1.165, 1.54) is 12.1 Å². The van der Waals surface area contributed by atoms with E-state index in [0.717, 1.165) is 38.3 Å². The Balaban J connectivity index is 1.67. The minimum atomic E-state index is -1.04. The molecule has 0 aromatic heterocycles. The van der Waals surface area contributed by atoms with E-state index in [-0.39, 0.29) is 18.1 Å². The smallest absolute Gasteiger partial charge is 0.228 e. The molecule has 0 saturated carbocycles. The summed E-state index contributed by atoms with van der Waals surface area (Å²) in [5.74, 6) is -0.531. The first-order valence-corrected chi connectivity index (χ1v) is 12.0. The van der Waals surface area contributed by atoms with Crippen LogP contribution in [0, 0.1) is 5.82 Å². The molecular weight excluding hydrogens is 445 g/mol. The summed E-state index contributed by atoms with van der Waals surface area (Å²) in [5, 5.41) is 3.46. The maximum Gasteiger partial charge on any atom is 0.228 e. The molecule has 1 amide bonds. The number of hydrogen-bond donors (Lipinski definition) is 1. The fourth-order valence-electron chi connectivity index (χ4n) is 3.80. The molecule has 32 heavy (non-hydrogen) atoms. The van der Waals surface area contributed by atoms with Crippen LogP contribution in [0.15, 0.2) is 77.2 Å². The third-order valence-electron chi connectivity index (χ3n) is 5.44. The first-order valence-electron chi connectivity index (χ1n) is 10.0. The van der Waals surface area contributed by atoms with Crippen molar-refractivity contribution in [3.05, 3.63) is 99.8 Å². The number of amides is 1. The molecule has 0 saturated heterocycles. The van der Waals surface area contributed by atoms with Crippen molar-refractivity contribution in [1.29, 1.82) is 0 Å². The zero-order valence-corrected chi connectivity index (χ0v) is 19.2. The molecule has 6 heteroatoms. The van der Waals surface area contributed by atoms with Gasteiger partial charge in [-0.25, -0.2) is 4.39 Å². The highest BCUT2D eigenvalue weighted by atomic mass is 35.5. The quantitative estimate of drug-likeness (QED) is 0.463. The normalized spacial score (nSPS) is 15.1. The molecule has 0 fully saturated rings. The Morgan fingerprint density at radius 1 is 1.03 bits per heavy atom. The van der Waals surface area contributed by atoms with E-state index >= 15 is 0 Å². The number of carbonyl (C=O) groups excluding carboxylic acids is 1. The number of nitrogens with one attached hydrogen (secondary N) is 1. The van der Waals surface area contributed by atoms with Crippen molar-refractivity contribution < 1.29 is 13.4 Å². The molecular formula is C26H21ClFNO2S. The molecule has 3 aromatic rings. The fraction of sp³-hybridized carbons (Fsp3) is 0.115. The third kappa shape index (κ3) is 4.74. The molecule has 3 aromatic carbocycles. The summed E-state index contributed by atoms with van der Waals surface area (Å²) in [6.45, 7) is 1.95. The Bertz CT molecular complexity index is 1280. The second-order valence-corrected chi connectivity index (χ2v) is 9.42. The number of anilines is 1. The number of halogens is 2. The molecule has 162 valence electrons. The van der Waals surface area contributed by atoms with Crippen molar-refractivity contribution >= 4 is 51.2 Å². The summed E-state index contributed by atoms with van der Waals surface area (Å²) in [7, 11) is -1.04. The number of hydrogen-bond acceptors (Lipinski definition) is 2. The first kappa shape index (κ1) is 22.2. The second-order valence-electron chi connectivity index (χ2n) is 7.61. The summed E-state index contributed by atoms with van der Waals surface area (Å²) >= 11 is 5.91. The van der Waals surface area contributed by atoms with Gasteiger partial charge in [0.1, 0.15) is 5.82 Å². The lowest BCUT2D eigenvalue weighted by molar-refractivity contribution is -0.115. The summed E-state index contributed by atoms with van der Waals surface area (Å²) in [6.07, 6.45) is 3.78. The fourth-order valence-corrected chi connectivity index (χ4v) is 4.45. The van der Waals surface area contributed by atoms with Crippen LogP contribution >= 0.6 is 11.6 Å². The molecule has 4 rings (SSSR count). The Morgan fingerprint density at radius 2 is 1.72 bits per heavy atom. The first-order chi connectivity index (χ1) is 15.3. The molecule has 0 radical (unpaired) electrons. The van der Waals surface area contributed by atoms with Crippen molar-refractivity contribution in [1.82, 2.24) is 0 Å². The van der Waals surface area contributed by atoms with Crippen molar-refractivity contribution in [3.63, 3.8) is 0 Å². The van der Waals surface area contributed by atoms with Crippen LogP contribution in [-0.4, -0.2) is 16.4 Å². The zero-order chi connectivity index (χ0) is 22.8. The molecule has 3 nitrogen and oxygen atoms in total. The molecule has 1 unspecified atom stereocenters. The van der Waals surface area contributed by atoms with Crippen LogP contribution in [0.4, 0.5) is 10.1 Å². The summed E-state index contributed by atoms with van der Waals surface area (Å²) < 4.78 is 25.7. The molecule has 1 atom stereocenters. The van der Waals surface area contributed by atoms with Gasteiger partial charge >= 0.3 is 0 Å². The van der Waals surface area contributed by atoms with Crippen LogP contribution in [0.2, 0.25) is 5.02 Å². The number of benzene rings is 3. The van der Waals surface area contributed by atoms with Crippen LogP contribution < -0.4 is 5.32 Å². The minimum Gasteiger partial charge on any atom is -0.326 e. The predicted octanol–water partition coefficient (Wildman–Crippen LogP) is 6.57. The number of allylic oxidation sites excluding steroid dienone is 2. The lowest BCUT2D eigenvalue weighted by Crippen LogP contribution is -2.12. The van der Waals surface area contributed by atoms with Gasteiger partial charge in [0.05, 0.1) is 6.42 Å². The third-order valence-corrected chi connectivity index (χ3v) is 6.63. The van der Waals surface area contributed by atoms with Gasteiger partial charge in [0, 0.05) is 32.7 Å². The minimum absolute atomic E-state index is 0.121. The van der Waals surface area contributed by atoms with Gasteiger partial charge in [-0.3, -0.25) is 9.00 Å². The van der Waals surface area contributed by atoms with Gasteiger partial charge in [0.2, 0.25) is 5.91 Å². The Hall–Kier alpha value is -3.02. The molecule has 1 aliphatic carbocycles. The van der Waals surface area contributed by atoms with Crippen LogP contribution in [-0.2, 0) is 15.6 Å². The van der Waals surface area contributed by atoms with E-state index < -0.39 is 10.8 Å². The van der Waals surface area contributed by atoms with E-state index in [1.54, 1.807) is 36.6 Å². The van der Waals surface area contributed by atoms with Crippen LogP contribution in [0.3, 0.4) is 0 Å². The predicted molar refractivity (Wildman–Crippen MR) is 130 cm³/mol. The lowest BCUT2D eigenvalue weighted by Gasteiger charge is -2.08. The number of carbonyl (C=O) groups is 1. The highest BCUT2D eigenvalue weighted by molar-refractivity contribution is 7.84. The lowest BCUT2D eigenvalue weighted by atomic mass is 10.0. The molecule has 0 bridgehead atoms. The van der Waals surface area contributed by atoms with Gasteiger partial charge in [0.25, 0.3) is 0 Å². The van der Waals surface area contributed by atoms with Crippen molar-refractivity contribution in [2.24, 2.45) is 0 Å². The Kier molecular flexibility index (Phi) is 6.40. The standard InChI is InChI=1S/C26H21ClFNO2S/c1-16-23(13-17-3-10-21(11-4-17)32(2)31)22-12-7-19(28)14-25(22)24(16)15-26(30)29-20-8-5-18(27)6-9-20/h3-14H,15H2,1-2H3,(H,29,30)/b23-13-. The molecule has 1 N–H and O–H groups in total. The number of fused-ring (bicyclic) bond motifs is 1. The molecule has 1 aliphatic rings. The molecule has 0 aliphatic heterocycles. The Morgan fingerprint density at radius 3 is 2.38 bits per heavy atom. The monoisotopic (exact) mass is 465 g/mol. The van der Waals surface area contributed by atoms with Crippen molar-refractivity contribution in [3.8, 4) is 0 Å². The van der Waals surface area contributed by atoms with Gasteiger partial charge < -0.3 is 5.32 Å². The van der Waals surface area contributed by atoms with E-state index in [9.17, 15) is 13.4 Å². The van der Waals surface area contributed by atoms with Crippen LogP contribution in [0.1, 0.15) is 30.0 Å². The van der Waals surface area contributed by atoms with Gasteiger partial charge in [0.15, 0.2) is 0 Å². The molecule has 0 spiro atoms. The van der Waals surface area contributed by atoms with Crippen LogP contribution in [0.5, 0.6) is 0 Å².